The van der Waals surface area contributed by atoms with Gasteiger partial charge in [-0.2, -0.15) is 0 Å². The molecule has 7 heteroatoms. The summed E-state index contributed by atoms with van der Waals surface area (Å²) in [6.07, 6.45) is 0. The van der Waals surface area contributed by atoms with E-state index in [1.54, 1.807) is 0 Å². The van der Waals surface area contributed by atoms with Gasteiger partial charge in [0.25, 0.3) is 0 Å². The third kappa shape index (κ3) is 42.2. The summed E-state index contributed by atoms with van der Waals surface area (Å²) in [5.74, 6) is -0.968. The molecule has 0 rings (SSSR count). The summed E-state index contributed by atoms with van der Waals surface area (Å²) in [4.78, 5) is 9.24. The molecule has 0 aromatic heterocycles. The molecule has 0 heterocycles. The van der Waals surface area contributed by atoms with Crippen LogP contribution < -0.4 is 64.8 Å². The van der Waals surface area contributed by atoms with Crippen LogP contribution in [0.25, 0.3) is 0 Å². The molecule has 9 heavy (non-hydrogen) atoms. The van der Waals surface area contributed by atoms with Crippen molar-refractivity contribution >= 4 is 18.4 Å². The molecule has 0 aliphatic carbocycles. The van der Waals surface area contributed by atoms with Crippen LogP contribution >= 0.6 is 12.4 Å². The topological polar surface area (TPSA) is 94.8 Å². The number of rotatable bonds is 1. The van der Waals surface area contributed by atoms with Crippen molar-refractivity contribution in [3.8, 4) is 0 Å². The Balaban J connectivity index is -0.00000000533. The number of carboxylic acids is 1. The van der Waals surface area contributed by atoms with Gasteiger partial charge in [0.1, 0.15) is 0 Å². The fraction of sp³-hybridized carbons (Fsp3) is 0.500. The minimum Gasteiger partial charge on any atom is -1.00 e. The first-order valence-electron chi connectivity index (χ1n) is 1.19. The van der Waals surface area contributed by atoms with Crippen molar-refractivity contribution in [1.29, 1.82) is 0 Å². The number of nitrogens with two attached hydrogens (primary N) is 1. The molecule has 0 unspecified atom stereocenters. The molecule has 0 atom stereocenters. The van der Waals surface area contributed by atoms with E-state index in [1.807, 2.05) is 0 Å². The van der Waals surface area contributed by atoms with E-state index in [1.165, 1.54) is 0 Å². The molecular weight excluding hydrogens is 167 g/mol. The average Bonchev–Trinajstić information content (AvgIpc) is 1.38. The number of hydrogen-bond donors (Lipinski definition) is 2. The Labute approximate surface area is 107 Å². The van der Waals surface area contributed by atoms with Crippen molar-refractivity contribution in [1.82, 2.24) is 0 Å². The van der Waals surface area contributed by atoms with Crippen LogP contribution in [0.15, 0.2) is 0 Å². The molecule has 0 amide bonds. The fourth-order valence-corrected chi connectivity index (χ4v) is 0. The van der Waals surface area contributed by atoms with Crippen LogP contribution in [0, 0.1) is 0 Å². The molecule has 0 radical (unpaired) electrons. The van der Waals surface area contributed by atoms with Gasteiger partial charge in [0.15, 0.2) is 0 Å². The van der Waals surface area contributed by atoms with Crippen LogP contribution in [0.5, 0.6) is 0 Å². The number of hydrogen-bond acceptors (Lipinski definition) is 2. The SMILES string of the molecule is Cl.NCC(=O)O.O.[H-].[H-].[Na+].[Na+]. The Morgan fingerprint density at radius 1 is 1.56 bits per heavy atom. The second kappa shape index (κ2) is 22.6. The molecular formula is C2H10ClNNa2O3. The summed E-state index contributed by atoms with van der Waals surface area (Å²) in [5.41, 5.74) is 4.57. The zero-order valence-electron chi connectivity index (χ0n) is 7.55. The van der Waals surface area contributed by atoms with Crippen molar-refractivity contribution in [3.05, 3.63) is 0 Å². The summed E-state index contributed by atoms with van der Waals surface area (Å²) in [6.45, 7) is -0.278. The third-order valence-electron chi connectivity index (χ3n) is 0.175. The van der Waals surface area contributed by atoms with Gasteiger partial charge in [0.05, 0.1) is 6.54 Å². The Bertz CT molecular complexity index is 62.6. The quantitative estimate of drug-likeness (QED) is 0.390. The van der Waals surface area contributed by atoms with Crippen LogP contribution in [0.4, 0.5) is 0 Å². The van der Waals surface area contributed by atoms with Gasteiger partial charge in [-0.05, 0) is 0 Å². The zero-order valence-corrected chi connectivity index (χ0v) is 10.4. The largest absolute Gasteiger partial charge is 1.00 e. The summed E-state index contributed by atoms with van der Waals surface area (Å²) in [7, 11) is 0. The molecule has 0 aliphatic heterocycles. The fourth-order valence-electron chi connectivity index (χ4n) is 0. The number of carbonyl (C=O) groups is 1. The van der Waals surface area contributed by atoms with Crippen LogP contribution in [-0.2, 0) is 4.79 Å². The summed E-state index contributed by atoms with van der Waals surface area (Å²) in [5, 5.41) is 7.60. The second-order valence-electron chi connectivity index (χ2n) is 0.598. The van der Waals surface area contributed by atoms with Crippen molar-refractivity contribution < 1.29 is 77.3 Å². The van der Waals surface area contributed by atoms with Crippen LogP contribution in [0.1, 0.15) is 2.85 Å². The summed E-state index contributed by atoms with van der Waals surface area (Å²) >= 11 is 0. The monoisotopic (exact) mass is 177 g/mol. The van der Waals surface area contributed by atoms with Crippen molar-refractivity contribution in [2.24, 2.45) is 5.73 Å². The van der Waals surface area contributed by atoms with E-state index in [2.05, 4.69) is 5.73 Å². The van der Waals surface area contributed by atoms with E-state index >= 15 is 0 Å². The van der Waals surface area contributed by atoms with E-state index in [0.717, 1.165) is 0 Å². The average molecular weight is 178 g/mol. The molecule has 0 aromatic rings. The minimum absolute atomic E-state index is 0. The Hall–Kier alpha value is 1.68. The van der Waals surface area contributed by atoms with Gasteiger partial charge < -0.3 is 19.2 Å². The molecule has 5 N–H and O–H groups in total. The van der Waals surface area contributed by atoms with Crippen LogP contribution in [0.3, 0.4) is 0 Å². The summed E-state index contributed by atoms with van der Waals surface area (Å²) < 4.78 is 0. The van der Waals surface area contributed by atoms with E-state index < -0.39 is 5.97 Å². The summed E-state index contributed by atoms with van der Waals surface area (Å²) in [6, 6.07) is 0. The molecule has 0 bridgehead atoms. The van der Waals surface area contributed by atoms with Crippen LogP contribution in [-0.4, -0.2) is 23.1 Å². The van der Waals surface area contributed by atoms with Gasteiger partial charge in [-0.3, -0.25) is 4.79 Å². The number of aliphatic carboxylic acids is 1. The van der Waals surface area contributed by atoms with Gasteiger partial charge >= 0.3 is 65.1 Å². The Kier molecular flexibility index (Phi) is 77.9. The number of carboxylic acid groups (broad SMARTS) is 1. The molecule has 0 aliphatic rings. The first-order chi connectivity index (χ1) is 2.27. The number of halogens is 1. The maximum atomic E-state index is 9.24. The molecule has 0 saturated heterocycles. The van der Waals surface area contributed by atoms with Gasteiger partial charge in [-0.1, -0.05) is 0 Å². The standard InChI is InChI=1S/C2H5NO2.ClH.2Na.H2O.2H/c3-1-2(4)5;;;;;;/h1,3H2,(H,4,5);1H;;;1H2;;/q;;2*+1;;2*-1. The predicted octanol–water partition coefficient (Wildman–Crippen LogP) is -7.14. The normalized spacial score (nSPS) is 4.11. The maximum absolute atomic E-state index is 9.24. The van der Waals surface area contributed by atoms with E-state index in [4.69, 9.17) is 5.11 Å². The molecule has 0 aromatic carbocycles. The second-order valence-corrected chi connectivity index (χ2v) is 0.598. The van der Waals surface area contributed by atoms with Gasteiger partial charge in [-0.15, -0.1) is 12.4 Å². The third-order valence-corrected chi connectivity index (χ3v) is 0.175. The van der Waals surface area contributed by atoms with E-state index in [9.17, 15) is 4.79 Å². The van der Waals surface area contributed by atoms with Gasteiger partial charge in [-0.25, -0.2) is 0 Å². The van der Waals surface area contributed by atoms with Gasteiger partial charge in [0, 0.05) is 0 Å². The molecule has 50 valence electrons. The van der Waals surface area contributed by atoms with Crippen molar-refractivity contribution in [2.75, 3.05) is 6.54 Å². The molecule has 0 spiro atoms. The van der Waals surface area contributed by atoms with Crippen LogP contribution in [0.2, 0.25) is 0 Å². The molecule has 0 fully saturated rings. The Morgan fingerprint density at radius 2 is 1.67 bits per heavy atom. The maximum Gasteiger partial charge on any atom is 1.00 e. The van der Waals surface area contributed by atoms with Crippen molar-refractivity contribution in [2.45, 2.75) is 0 Å². The minimum atomic E-state index is -0.968. The zero-order chi connectivity index (χ0) is 4.28. The first-order valence-corrected chi connectivity index (χ1v) is 1.19. The van der Waals surface area contributed by atoms with E-state index in [0.29, 0.717) is 0 Å². The van der Waals surface area contributed by atoms with Crippen molar-refractivity contribution in [3.63, 3.8) is 0 Å². The van der Waals surface area contributed by atoms with Gasteiger partial charge in [0.2, 0.25) is 0 Å². The Morgan fingerprint density at radius 3 is 1.67 bits per heavy atom. The van der Waals surface area contributed by atoms with E-state index in [-0.39, 0.29) is 86.4 Å². The molecule has 0 saturated carbocycles. The first kappa shape index (κ1) is 31.0. The predicted molar refractivity (Wildman–Crippen MR) is 29.8 cm³/mol. The molecule has 4 nitrogen and oxygen atoms in total. The smallest absolute Gasteiger partial charge is 1.00 e.